The molecule has 0 radical (unpaired) electrons. The molecule has 9 aromatic rings. The Balaban J connectivity index is 0.000000253. The molecule has 6 nitrogen and oxygen atoms in total. The number of ether oxygens (including phenoxy) is 1. The number of ketones is 1. The van der Waals surface area contributed by atoms with Crippen LogP contribution in [0.1, 0.15) is 147 Å². The van der Waals surface area contributed by atoms with Gasteiger partial charge in [0, 0.05) is 51.7 Å². The zero-order valence-corrected chi connectivity index (χ0v) is 56.2. The number of nitrogens with zero attached hydrogens (tertiary/aromatic N) is 3. The highest BCUT2D eigenvalue weighted by atomic mass is 35.5. The van der Waals surface area contributed by atoms with E-state index in [9.17, 15) is 14.0 Å². The minimum Gasteiger partial charge on any atom is -0.463 e. The number of benzene rings is 9. The molecule has 0 N–H and O–H groups in total. The lowest BCUT2D eigenvalue weighted by Gasteiger charge is -2.43. The largest absolute Gasteiger partial charge is 0.463 e. The minimum atomic E-state index is -1.00. The number of carbonyl (C=O) groups is 2. The van der Waals surface area contributed by atoms with E-state index in [1.807, 2.05) is 0 Å². The molecule has 0 fully saturated rings. The maximum absolute atomic E-state index is 11.7. The first kappa shape index (κ1) is 64.7. The second kappa shape index (κ2) is 28.0. The summed E-state index contributed by atoms with van der Waals surface area (Å²) in [7, 11) is -1.00. The molecule has 3 heterocycles. The molecule has 92 heavy (non-hydrogen) atoms. The van der Waals surface area contributed by atoms with Crippen LogP contribution in [-0.4, -0.2) is 31.4 Å². The van der Waals surface area contributed by atoms with E-state index in [1.165, 1.54) is 135 Å². The van der Waals surface area contributed by atoms with Crippen LogP contribution in [0.5, 0.6) is 0 Å². The molecular formula is C84H89ClFN3O3. The van der Waals surface area contributed by atoms with E-state index in [4.69, 9.17) is 17.7 Å². The van der Waals surface area contributed by atoms with Crippen molar-refractivity contribution in [2.45, 2.75) is 137 Å². The van der Waals surface area contributed by atoms with Gasteiger partial charge >= 0.3 is 5.97 Å². The van der Waals surface area contributed by atoms with Gasteiger partial charge in [0.25, 0.3) is 0 Å². The van der Waals surface area contributed by atoms with Crippen molar-refractivity contribution in [3.8, 4) is 11.1 Å². The second-order valence-corrected chi connectivity index (χ2v) is 27.0. The van der Waals surface area contributed by atoms with Crippen molar-refractivity contribution in [2.75, 3.05) is 34.3 Å². The lowest BCUT2D eigenvalue weighted by atomic mass is 9.71. The summed E-state index contributed by atoms with van der Waals surface area (Å²) in [4.78, 5) is 30.5. The van der Waals surface area contributed by atoms with Crippen molar-refractivity contribution in [2.24, 2.45) is 0 Å². The zero-order valence-electron chi connectivity index (χ0n) is 56.5. The van der Waals surface area contributed by atoms with Crippen molar-refractivity contribution in [3.63, 3.8) is 0 Å². The summed E-state index contributed by atoms with van der Waals surface area (Å²) >= 11 is 5.86. The number of anilines is 9. The Labute approximate surface area is 553 Å². The van der Waals surface area contributed by atoms with Gasteiger partial charge in [0.2, 0.25) is 0 Å². The average molecular weight is 1240 g/mol. The summed E-state index contributed by atoms with van der Waals surface area (Å²) in [5.74, 6) is 0.445. The molecule has 8 heteroatoms. The van der Waals surface area contributed by atoms with Crippen LogP contribution in [0.15, 0.2) is 207 Å². The van der Waals surface area contributed by atoms with Gasteiger partial charge in [-0.05, 0) is 225 Å². The van der Waals surface area contributed by atoms with Crippen LogP contribution in [0, 0.1) is 27.7 Å². The number of halogens is 2. The Morgan fingerprint density at radius 2 is 0.750 bits per heavy atom. The fourth-order valence-corrected chi connectivity index (χ4v) is 13.9. The predicted molar refractivity (Wildman–Crippen MR) is 386 cm³/mol. The van der Waals surface area contributed by atoms with Gasteiger partial charge in [-0.15, -0.1) is 11.6 Å². The highest BCUT2D eigenvalue weighted by Gasteiger charge is 2.41. The smallest absolute Gasteiger partial charge is 0.330 e. The van der Waals surface area contributed by atoms with Crippen LogP contribution in [0.25, 0.3) is 11.1 Å². The van der Waals surface area contributed by atoms with Crippen molar-refractivity contribution in [3.05, 3.63) is 280 Å². The van der Waals surface area contributed by atoms with Crippen molar-refractivity contribution in [1.29, 1.82) is 0 Å². The molecule has 3 aliphatic heterocycles. The number of hydrogen-bond acceptors (Lipinski definition) is 6. The van der Waals surface area contributed by atoms with E-state index < -0.39 is 7.15 Å². The van der Waals surface area contributed by atoms with E-state index in [0.29, 0.717) is 18.9 Å². The molecule has 0 atom stereocenters. The van der Waals surface area contributed by atoms with Gasteiger partial charge in [0.05, 0.1) is 49.3 Å². The number of carbonyl (C=O) groups excluding carboxylic acids is 2. The van der Waals surface area contributed by atoms with Crippen LogP contribution in [0.3, 0.4) is 0 Å². The Bertz CT molecular complexity index is 3960. The van der Waals surface area contributed by atoms with E-state index in [0.717, 1.165) is 56.3 Å². The molecular weight excluding hydrogens is 1150 g/mol. The first-order chi connectivity index (χ1) is 44.6. The van der Waals surface area contributed by atoms with Gasteiger partial charge in [-0.1, -0.05) is 174 Å². The standard InChI is InChI=1S/C57H58N2O3.C26H28ClN.CH3F/c1-9-46(60)16-12-11-14-40-19-25-44(26-20-40)58-51-29-17-38(3)34-47(51)56(5,6)49-36-42(23-31-53(49)58)43-24-32-54-50(37-43)57(7,8)48-35-39(4)18-30-52(48)59(54)45-27-21-41(22-28-45)15-13-33-62-55(61)10-2;1-18-7-13-24-22(16-18)26(3,4)23-17-19(2)8-14-25(23)28(24)21-11-9-20(10-12-21)6-5-15-27;1-2/h9-10,17-32,34-37H,1-2,11-16,33H2,3-8H3;7-14,16-17H,5-6,15H2,1-4H3;1H3/i;;1D. The molecule has 0 aromatic heterocycles. The third-order valence-corrected chi connectivity index (χ3v) is 19.3. The fourth-order valence-electron chi connectivity index (χ4n) is 13.8. The highest BCUT2D eigenvalue weighted by molar-refractivity contribution is 6.17. The maximum atomic E-state index is 11.7. The van der Waals surface area contributed by atoms with Crippen LogP contribution in [-0.2, 0) is 49.8 Å². The second-order valence-electron chi connectivity index (χ2n) is 26.6. The summed E-state index contributed by atoms with van der Waals surface area (Å²) in [6.07, 6.45) is 9.61. The number of esters is 1. The van der Waals surface area contributed by atoms with Crippen molar-refractivity contribution in [1.82, 2.24) is 0 Å². The van der Waals surface area contributed by atoms with Crippen LogP contribution < -0.4 is 14.7 Å². The van der Waals surface area contributed by atoms with Gasteiger partial charge in [-0.2, -0.15) is 0 Å². The van der Waals surface area contributed by atoms with Crippen LogP contribution in [0.2, 0.25) is 0 Å². The van der Waals surface area contributed by atoms with Gasteiger partial charge in [0.15, 0.2) is 5.78 Å². The number of fused-ring (bicyclic) bond motifs is 6. The van der Waals surface area contributed by atoms with E-state index in [-0.39, 0.29) is 28.0 Å². The van der Waals surface area contributed by atoms with E-state index in [2.05, 4.69) is 279 Å². The van der Waals surface area contributed by atoms with E-state index >= 15 is 0 Å². The average Bonchev–Trinajstić information content (AvgIpc) is 0.738. The molecule has 0 saturated heterocycles. The van der Waals surface area contributed by atoms with Crippen molar-refractivity contribution >= 4 is 74.5 Å². The first-order valence-electron chi connectivity index (χ1n) is 33.1. The monoisotopic (exact) mass is 1240 g/mol. The third-order valence-electron chi connectivity index (χ3n) is 19.0. The molecule has 0 unspecified atom stereocenters. The quantitative estimate of drug-likeness (QED) is 0.0369. The number of rotatable bonds is 18. The molecule has 0 aliphatic carbocycles. The first-order valence-corrected chi connectivity index (χ1v) is 32.9. The summed E-state index contributed by atoms with van der Waals surface area (Å²) in [6.45, 7) is 30.3. The summed E-state index contributed by atoms with van der Waals surface area (Å²) < 4.78 is 20.7. The van der Waals surface area contributed by atoms with Gasteiger partial charge < -0.3 is 19.4 Å². The minimum absolute atomic E-state index is 0.0283. The molecule has 472 valence electrons. The number of alkyl halides is 2. The number of hydrogen-bond donors (Lipinski definition) is 0. The molecule has 9 aromatic carbocycles. The van der Waals surface area contributed by atoms with Gasteiger partial charge in [0.1, 0.15) is 0 Å². The molecule has 0 spiro atoms. The summed E-state index contributed by atoms with van der Waals surface area (Å²) in [5, 5.41) is 0. The summed E-state index contributed by atoms with van der Waals surface area (Å²) in [6, 6.07) is 68.2. The number of aryl methyl sites for hydroxylation is 7. The van der Waals surface area contributed by atoms with Gasteiger partial charge in [-0.3, -0.25) is 9.18 Å². The Kier molecular flexibility index (Phi) is 19.7. The molecule has 3 aliphatic rings. The SMILES string of the molecule is C=CC(=O)CCCCc1ccc(N2c3ccc(C)cc3C(C)(C)c3cc(-c4ccc5c(c4)C(C)(C)c4cc(C)ccc4N5c4ccc(CCCOC(=O)C=C)cc4)ccc32)cc1.Cc1ccc2c(c1)C(C)(C)c1cc(C)ccc1N2c1ccc(CCCCl)cc1.[2H]CF. The van der Waals surface area contributed by atoms with Crippen LogP contribution >= 0.6 is 11.6 Å². The third kappa shape index (κ3) is 13.4. The Morgan fingerprint density at radius 1 is 0.446 bits per heavy atom. The maximum Gasteiger partial charge on any atom is 0.330 e. The lowest BCUT2D eigenvalue weighted by Crippen LogP contribution is -2.31. The highest BCUT2D eigenvalue weighted by Crippen LogP contribution is 2.56. The topological polar surface area (TPSA) is 53.1 Å². The van der Waals surface area contributed by atoms with Gasteiger partial charge in [-0.25, -0.2) is 4.79 Å². The Hall–Kier alpha value is -8.78. The van der Waals surface area contributed by atoms with Crippen LogP contribution in [0.4, 0.5) is 55.6 Å². The zero-order chi connectivity index (χ0) is 66.4. The van der Waals surface area contributed by atoms with Crippen molar-refractivity contribution < 1.29 is 20.1 Å². The normalized spacial score (nSPS) is 14.2. The number of unbranched alkanes of at least 4 members (excludes halogenated alkanes) is 1. The lowest BCUT2D eigenvalue weighted by molar-refractivity contribution is -0.137. The molecule has 0 amide bonds. The molecule has 0 saturated carbocycles. The number of allylic oxidation sites excluding steroid dienone is 1. The summed E-state index contributed by atoms with van der Waals surface area (Å²) in [5.41, 5.74) is 29.6. The Morgan fingerprint density at radius 3 is 1.07 bits per heavy atom. The predicted octanol–water partition coefficient (Wildman–Crippen LogP) is 22.5. The fraction of sp³-hybridized carbons (Fsp3) is 0.286. The molecule has 12 rings (SSSR count). The molecule has 0 bridgehead atoms. The van der Waals surface area contributed by atoms with E-state index in [1.54, 1.807) is 0 Å².